The van der Waals surface area contributed by atoms with Crippen LogP contribution in [0.3, 0.4) is 0 Å². The van der Waals surface area contributed by atoms with Crippen LogP contribution in [0.15, 0.2) is 58.1 Å². The molecule has 0 bridgehead atoms. The first-order valence-electron chi connectivity index (χ1n) is 9.65. The third-order valence-corrected chi connectivity index (χ3v) is 4.97. The second kappa shape index (κ2) is 10.4. The Balaban J connectivity index is 1.98. The molecule has 0 spiro atoms. The number of halogens is 1. The number of carbonyl (C=O) groups is 1. The Hall–Kier alpha value is -2.14. The highest BCUT2D eigenvalue weighted by Gasteiger charge is 2.15. The molecule has 5 heteroatoms. The predicted molar refractivity (Wildman–Crippen MR) is 119 cm³/mol. The summed E-state index contributed by atoms with van der Waals surface area (Å²) in [4.78, 5) is 12.2. The van der Waals surface area contributed by atoms with Gasteiger partial charge in [0.15, 0.2) is 6.61 Å². The molecular weight excluding hydrogens is 416 g/mol. The van der Waals surface area contributed by atoms with Crippen molar-refractivity contribution in [3.63, 3.8) is 0 Å². The summed E-state index contributed by atoms with van der Waals surface area (Å²) in [6.45, 7) is 8.52. The lowest BCUT2D eigenvalue weighted by atomic mass is 9.87. The molecule has 0 aliphatic carbocycles. The second-order valence-corrected chi connectivity index (χ2v) is 8.60. The van der Waals surface area contributed by atoms with Gasteiger partial charge in [0.05, 0.1) is 10.2 Å². The zero-order chi connectivity index (χ0) is 20.6. The summed E-state index contributed by atoms with van der Waals surface area (Å²) in [5, 5.41) is 4.34. The van der Waals surface area contributed by atoms with Gasteiger partial charge < -0.3 is 4.74 Å². The Kier molecular flexibility index (Phi) is 8.24. The van der Waals surface area contributed by atoms with Crippen LogP contribution in [0.1, 0.15) is 58.1 Å². The Morgan fingerprint density at radius 2 is 1.86 bits per heavy atom. The fourth-order valence-electron chi connectivity index (χ4n) is 2.63. The third kappa shape index (κ3) is 6.79. The highest BCUT2D eigenvalue weighted by molar-refractivity contribution is 9.10. The summed E-state index contributed by atoms with van der Waals surface area (Å²) in [7, 11) is 0. The standard InChI is InChI=1S/C23H29BrN2O2/c1-5-6-12-20(17-10-8-7-9-11-17)25-26-22(27)16-28-21-14-13-18(15-19(21)24)23(2,3)4/h7-11,13-15H,5-6,12,16H2,1-4H3,(H,26,27)/b25-20-. The minimum atomic E-state index is -0.281. The summed E-state index contributed by atoms with van der Waals surface area (Å²) in [6.07, 6.45) is 2.91. The second-order valence-electron chi connectivity index (χ2n) is 7.75. The number of nitrogens with one attached hydrogen (secondary N) is 1. The average Bonchev–Trinajstić information content (AvgIpc) is 2.67. The Morgan fingerprint density at radius 3 is 2.46 bits per heavy atom. The molecule has 0 atom stereocenters. The molecule has 0 aliphatic heterocycles. The van der Waals surface area contributed by atoms with Gasteiger partial charge in [-0.25, -0.2) is 5.43 Å². The molecule has 1 N–H and O–H groups in total. The van der Waals surface area contributed by atoms with E-state index < -0.39 is 0 Å². The van der Waals surface area contributed by atoms with Crippen molar-refractivity contribution in [3.8, 4) is 5.75 Å². The number of benzene rings is 2. The predicted octanol–water partition coefficient (Wildman–Crippen LogP) is 5.84. The van der Waals surface area contributed by atoms with Gasteiger partial charge in [0, 0.05) is 0 Å². The highest BCUT2D eigenvalue weighted by Crippen LogP contribution is 2.31. The van der Waals surface area contributed by atoms with Gasteiger partial charge in [-0.2, -0.15) is 5.10 Å². The van der Waals surface area contributed by atoms with Gasteiger partial charge in [-0.05, 0) is 57.4 Å². The third-order valence-electron chi connectivity index (χ3n) is 4.35. The number of hydrazone groups is 1. The topological polar surface area (TPSA) is 50.7 Å². The zero-order valence-electron chi connectivity index (χ0n) is 17.1. The van der Waals surface area contributed by atoms with Crippen molar-refractivity contribution in [2.24, 2.45) is 5.10 Å². The van der Waals surface area contributed by atoms with E-state index in [2.05, 4.69) is 54.2 Å². The normalized spacial score (nSPS) is 12.0. The lowest BCUT2D eigenvalue weighted by molar-refractivity contribution is -0.123. The van der Waals surface area contributed by atoms with Gasteiger partial charge in [0.2, 0.25) is 0 Å². The SMILES string of the molecule is CCCC/C(=N/NC(=O)COc1ccc(C(C)(C)C)cc1Br)c1ccccc1. The van der Waals surface area contributed by atoms with Crippen LogP contribution in [0.2, 0.25) is 0 Å². The largest absolute Gasteiger partial charge is 0.483 e. The maximum atomic E-state index is 12.2. The quantitative estimate of drug-likeness (QED) is 0.410. The smallest absolute Gasteiger partial charge is 0.277 e. The molecule has 1 amide bonds. The molecule has 2 aromatic carbocycles. The molecule has 0 aliphatic rings. The molecule has 2 aromatic rings. The average molecular weight is 445 g/mol. The van der Waals surface area contributed by atoms with Gasteiger partial charge in [0.25, 0.3) is 5.91 Å². The van der Waals surface area contributed by atoms with Crippen LogP contribution in [-0.2, 0) is 10.2 Å². The van der Waals surface area contributed by atoms with E-state index in [0.29, 0.717) is 5.75 Å². The van der Waals surface area contributed by atoms with Gasteiger partial charge in [-0.3, -0.25) is 4.79 Å². The summed E-state index contributed by atoms with van der Waals surface area (Å²) in [5.74, 6) is 0.359. The van der Waals surface area contributed by atoms with Gasteiger partial charge in [-0.1, -0.05) is 70.5 Å². The summed E-state index contributed by atoms with van der Waals surface area (Å²) < 4.78 is 6.49. The number of amides is 1. The molecule has 28 heavy (non-hydrogen) atoms. The molecule has 0 saturated carbocycles. The lowest BCUT2D eigenvalue weighted by Gasteiger charge is -2.20. The van der Waals surface area contributed by atoms with Crippen LogP contribution in [0.5, 0.6) is 5.75 Å². The molecule has 2 rings (SSSR count). The molecule has 4 nitrogen and oxygen atoms in total. The molecule has 0 saturated heterocycles. The number of rotatable bonds is 8. The highest BCUT2D eigenvalue weighted by atomic mass is 79.9. The first kappa shape index (κ1) is 22.2. The molecule has 0 heterocycles. The van der Waals surface area contributed by atoms with Crippen molar-refractivity contribution in [1.29, 1.82) is 0 Å². The van der Waals surface area contributed by atoms with E-state index in [0.717, 1.165) is 35.0 Å². The van der Waals surface area contributed by atoms with Gasteiger partial charge >= 0.3 is 0 Å². The van der Waals surface area contributed by atoms with Crippen molar-refractivity contribution in [2.45, 2.75) is 52.4 Å². The monoisotopic (exact) mass is 444 g/mol. The summed E-state index contributed by atoms with van der Waals surface area (Å²) >= 11 is 3.53. The van der Waals surface area contributed by atoms with E-state index in [1.807, 2.05) is 48.5 Å². The van der Waals surface area contributed by atoms with Crippen LogP contribution in [-0.4, -0.2) is 18.2 Å². The van der Waals surface area contributed by atoms with E-state index in [9.17, 15) is 4.79 Å². The fourth-order valence-corrected chi connectivity index (χ4v) is 3.12. The lowest BCUT2D eigenvalue weighted by Crippen LogP contribution is -2.26. The van der Waals surface area contributed by atoms with Crippen LogP contribution in [0.25, 0.3) is 0 Å². The maximum Gasteiger partial charge on any atom is 0.277 e. The number of ether oxygens (including phenoxy) is 1. The Labute approximate surface area is 176 Å². The van der Waals surface area contributed by atoms with Gasteiger partial charge in [0.1, 0.15) is 5.75 Å². The Bertz CT molecular complexity index is 811. The first-order valence-corrected chi connectivity index (χ1v) is 10.4. The summed E-state index contributed by atoms with van der Waals surface area (Å²) in [6, 6.07) is 15.9. The van der Waals surface area contributed by atoms with Crippen LogP contribution < -0.4 is 10.2 Å². The van der Waals surface area contributed by atoms with Crippen LogP contribution in [0.4, 0.5) is 0 Å². The van der Waals surface area contributed by atoms with E-state index in [1.54, 1.807) is 0 Å². The van der Waals surface area contributed by atoms with Crippen LogP contribution in [0, 0.1) is 0 Å². The maximum absolute atomic E-state index is 12.2. The van der Waals surface area contributed by atoms with Crippen molar-refractivity contribution < 1.29 is 9.53 Å². The number of hydrogen-bond donors (Lipinski definition) is 1. The van der Waals surface area contributed by atoms with E-state index in [-0.39, 0.29) is 17.9 Å². The zero-order valence-corrected chi connectivity index (χ0v) is 18.7. The van der Waals surface area contributed by atoms with E-state index in [1.165, 1.54) is 5.56 Å². The number of unbranched alkanes of at least 4 members (excludes halogenated alkanes) is 1. The molecule has 0 fully saturated rings. The van der Waals surface area contributed by atoms with Gasteiger partial charge in [-0.15, -0.1) is 0 Å². The van der Waals surface area contributed by atoms with E-state index >= 15 is 0 Å². The van der Waals surface area contributed by atoms with E-state index in [4.69, 9.17) is 4.74 Å². The fraction of sp³-hybridized carbons (Fsp3) is 0.391. The van der Waals surface area contributed by atoms with Crippen molar-refractivity contribution in [3.05, 3.63) is 64.1 Å². The summed E-state index contributed by atoms with van der Waals surface area (Å²) in [5.41, 5.74) is 5.78. The number of carbonyl (C=O) groups excluding carboxylic acids is 1. The molecular formula is C23H29BrN2O2. The van der Waals surface area contributed by atoms with Crippen LogP contribution >= 0.6 is 15.9 Å². The minimum absolute atomic E-state index is 0.0550. The van der Waals surface area contributed by atoms with Crippen molar-refractivity contribution in [1.82, 2.24) is 5.43 Å². The Morgan fingerprint density at radius 1 is 1.14 bits per heavy atom. The van der Waals surface area contributed by atoms with Crippen molar-refractivity contribution >= 4 is 27.5 Å². The number of nitrogens with zero attached hydrogens (tertiary/aromatic N) is 1. The first-order chi connectivity index (χ1) is 13.3. The molecule has 0 radical (unpaired) electrons. The van der Waals surface area contributed by atoms with Crippen molar-refractivity contribution in [2.75, 3.05) is 6.61 Å². The molecule has 150 valence electrons. The molecule has 0 aromatic heterocycles. The minimum Gasteiger partial charge on any atom is -0.483 e. The number of hydrogen-bond acceptors (Lipinski definition) is 3. The molecule has 0 unspecified atom stereocenters.